The Bertz CT molecular complexity index is 834. The number of nitrogens with zero attached hydrogens (tertiary/aromatic N) is 2. The summed E-state index contributed by atoms with van der Waals surface area (Å²) in [6.45, 7) is 1.40. The number of rotatable bonds is 4. The number of amides is 2. The minimum Gasteiger partial charge on any atom is -0.354 e. The summed E-state index contributed by atoms with van der Waals surface area (Å²) in [6.07, 6.45) is 2.93. The molecule has 2 aliphatic rings. The molecule has 26 heavy (non-hydrogen) atoms. The molecule has 0 aliphatic carbocycles. The average Bonchev–Trinajstić information content (AvgIpc) is 3.17. The van der Waals surface area contributed by atoms with E-state index in [1.165, 1.54) is 5.56 Å². The molecule has 1 atom stereocenters. The molecule has 0 unspecified atom stereocenters. The van der Waals surface area contributed by atoms with E-state index in [1.807, 2.05) is 36.2 Å². The zero-order valence-corrected chi connectivity index (χ0v) is 14.9. The quantitative estimate of drug-likeness (QED) is 0.923. The first-order valence-corrected chi connectivity index (χ1v) is 9.15. The van der Waals surface area contributed by atoms with Gasteiger partial charge in [0.1, 0.15) is 6.17 Å². The van der Waals surface area contributed by atoms with Gasteiger partial charge in [-0.15, -0.1) is 0 Å². The molecule has 2 heterocycles. The molecule has 2 aromatic rings. The fraction of sp³-hybridized carbons (Fsp3) is 0.333. The summed E-state index contributed by atoms with van der Waals surface area (Å²) in [6, 6.07) is 15.5. The van der Waals surface area contributed by atoms with Crippen molar-refractivity contribution in [3.05, 3.63) is 65.2 Å². The van der Waals surface area contributed by atoms with Gasteiger partial charge >= 0.3 is 0 Å². The number of carbonyl (C=O) groups excluding carboxylic acids is 2. The number of carbonyl (C=O) groups is 2. The average molecular weight is 349 g/mol. The Labute approximate surface area is 153 Å². The molecule has 1 fully saturated rings. The highest BCUT2D eigenvalue weighted by Crippen LogP contribution is 2.35. The van der Waals surface area contributed by atoms with Crippen molar-refractivity contribution in [3.63, 3.8) is 0 Å². The van der Waals surface area contributed by atoms with Crippen molar-refractivity contribution in [2.45, 2.75) is 25.4 Å². The molecule has 2 aliphatic heterocycles. The monoisotopic (exact) mass is 349 g/mol. The molecule has 0 radical (unpaired) electrons. The summed E-state index contributed by atoms with van der Waals surface area (Å²) in [4.78, 5) is 29.2. The lowest BCUT2D eigenvalue weighted by Crippen LogP contribution is -2.50. The maximum absolute atomic E-state index is 12.7. The lowest BCUT2D eigenvalue weighted by atomic mass is 10.0. The molecule has 0 saturated carbocycles. The molecule has 2 aromatic carbocycles. The van der Waals surface area contributed by atoms with Crippen molar-refractivity contribution in [3.8, 4) is 0 Å². The van der Waals surface area contributed by atoms with Crippen LogP contribution in [0.15, 0.2) is 48.5 Å². The van der Waals surface area contributed by atoms with Crippen LogP contribution in [0.3, 0.4) is 0 Å². The second-order valence-electron chi connectivity index (χ2n) is 6.96. The fourth-order valence-electron chi connectivity index (χ4n) is 3.92. The zero-order chi connectivity index (χ0) is 18.1. The molecular formula is C21H23N3O2. The Kier molecular flexibility index (Phi) is 4.37. The molecule has 5 nitrogen and oxygen atoms in total. The molecule has 2 amide bonds. The molecule has 4 rings (SSSR count). The maximum atomic E-state index is 12.7. The van der Waals surface area contributed by atoms with E-state index in [9.17, 15) is 9.59 Å². The summed E-state index contributed by atoms with van der Waals surface area (Å²) in [5, 5.41) is 2.97. The van der Waals surface area contributed by atoms with Crippen molar-refractivity contribution in [1.29, 1.82) is 0 Å². The molecule has 1 N–H and O–H groups in total. The van der Waals surface area contributed by atoms with Crippen LogP contribution in [-0.4, -0.2) is 43.0 Å². The second-order valence-corrected chi connectivity index (χ2v) is 6.96. The number of hydrogen-bond acceptors (Lipinski definition) is 3. The van der Waals surface area contributed by atoms with Gasteiger partial charge in [0.05, 0.1) is 11.3 Å². The Balaban J connectivity index is 1.47. The van der Waals surface area contributed by atoms with Gasteiger partial charge in [0.25, 0.3) is 11.8 Å². The van der Waals surface area contributed by atoms with E-state index < -0.39 is 0 Å². The molecule has 0 bridgehead atoms. The predicted molar refractivity (Wildman–Crippen MR) is 101 cm³/mol. The predicted octanol–water partition coefficient (Wildman–Crippen LogP) is 2.67. The Morgan fingerprint density at radius 1 is 1.19 bits per heavy atom. The van der Waals surface area contributed by atoms with Gasteiger partial charge in [-0.2, -0.15) is 0 Å². The minimum absolute atomic E-state index is 0.0802. The Morgan fingerprint density at radius 2 is 2.00 bits per heavy atom. The van der Waals surface area contributed by atoms with Crippen LogP contribution in [-0.2, 0) is 6.42 Å². The van der Waals surface area contributed by atoms with E-state index in [4.69, 9.17) is 0 Å². The Hall–Kier alpha value is -2.82. The highest BCUT2D eigenvalue weighted by Gasteiger charge is 2.38. The highest BCUT2D eigenvalue weighted by molar-refractivity contribution is 6.04. The van der Waals surface area contributed by atoms with Crippen LogP contribution in [0.25, 0.3) is 0 Å². The smallest absolute Gasteiger partial charge is 0.257 e. The number of nitrogens with one attached hydrogen (secondary N) is 1. The van der Waals surface area contributed by atoms with Gasteiger partial charge in [-0.3, -0.25) is 9.59 Å². The second kappa shape index (κ2) is 6.83. The molecule has 1 saturated heterocycles. The van der Waals surface area contributed by atoms with Crippen molar-refractivity contribution >= 4 is 17.5 Å². The van der Waals surface area contributed by atoms with Crippen molar-refractivity contribution < 1.29 is 9.59 Å². The standard InChI is InChI=1S/C21H23N3O2/c1-23-18-14-16(20(25)22-12-11-15-6-3-2-4-7-15)9-10-17(18)21(26)24-13-5-8-19(23)24/h2-4,6-7,9-10,14,19H,5,8,11-13H2,1H3,(H,22,25)/t19-/m1/s1. The lowest BCUT2D eigenvalue weighted by molar-refractivity contribution is 0.0719. The third-order valence-corrected chi connectivity index (χ3v) is 5.34. The Morgan fingerprint density at radius 3 is 2.81 bits per heavy atom. The summed E-state index contributed by atoms with van der Waals surface area (Å²) < 4.78 is 0. The van der Waals surface area contributed by atoms with E-state index in [0.29, 0.717) is 17.7 Å². The highest BCUT2D eigenvalue weighted by atomic mass is 16.2. The molecule has 134 valence electrons. The maximum Gasteiger partial charge on any atom is 0.257 e. The van der Waals surface area contributed by atoms with Gasteiger partial charge in [-0.05, 0) is 43.0 Å². The number of benzene rings is 2. The lowest BCUT2D eigenvalue weighted by Gasteiger charge is -2.40. The number of hydrogen-bond donors (Lipinski definition) is 1. The molecule has 5 heteroatoms. The van der Waals surface area contributed by atoms with E-state index in [0.717, 1.165) is 31.5 Å². The molecule has 0 spiro atoms. The first-order chi connectivity index (χ1) is 12.6. The van der Waals surface area contributed by atoms with Gasteiger partial charge in [0, 0.05) is 25.7 Å². The van der Waals surface area contributed by atoms with Crippen LogP contribution in [0.4, 0.5) is 5.69 Å². The fourth-order valence-corrected chi connectivity index (χ4v) is 3.92. The van der Waals surface area contributed by atoms with Gasteiger partial charge in [-0.25, -0.2) is 0 Å². The molecular weight excluding hydrogens is 326 g/mol. The van der Waals surface area contributed by atoms with Crippen LogP contribution >= 0.6 is 0 Å². The summed E-state index contributed by atoms with van der Waals surface area (Å²) in [5.74, 6) is -0.0185. The van der Waals surface area contributed by atoms with E-state index >= 15 is 0 Å². The van der Waals surface area contributed by atoms with Gasteiger partial charge in [0.15, 0.2) is 0 Å². The number of fused-ring (bicyclic) bond motifs is 2. The third kappa shape index (κ3) is 2.94. The van der Waals surface area contributed by atoms with Crippen LogP contribution in [0, 0.1) is 0 Å². The van der Waals surface area contributed by atoms with Crippen molar-refractivity contribution in [1.82, 2.24) is 10.2 Å². The van der Waals surface area contributed by atoms with E-state index in [-0.39, 0.29) is 18.0 Å². The third-order valence-electron chi connectivity index (χ3n) is 5.34. The van der Waals surface area contributed by atoms with Gasteiger partial charge in [0.2, 0.25) is 0 Å². The van der Waals surface area contributed by atoms with Crippen molar-refractivity contribution in [2.75, 3.05) is 25.0 Å². The normalized spacial score (nSPS) is 18.5. The topological polar surface area (TPSA) is 52.7 Å². The van der Waals surface area contributed by atoms with E-state index in [2.05, 4.69) is 22.3 Å². The SMILES string of the molecule is CN1c2cc(C(=O)NCCc3ccccc3)ccc2C(=O)N2CCC[C@@H]21. The van der Waals surface area contributed by atoms with Crippen LogP contribution in [0.1, 0.15) is 39.1 Å². The largest absolute Gasteiger partial charge is 0.354 e. The van der Waals surface area contributed by atoms with Gasteiger partial charge < -0.3 is 15.1 Å². The summed E-state index contributed by atoms with van der Waals surface area (Å²) in [7, 11) is 2.01. The zero-order valence-electron chi connectivity index (χ0n) is 14.9. The van der Waals surface area contributed by atoms with Crippen molar-refractivity contribution in [2.24, 2.45) is 0 Å². The van der Waals surface area contributed by atoms with Gasteiger partial charge in [-0.1, -0.05) is 30.3 Å². The summed E-state index contributed by atoms with van der Waals surface area (Å²) in [5.41, 5.74) is 3.34. The van der Waals surface area contributed by atoms with Crippen LogP contribution < -0.4 is 10.2 Å². The van der Waals surface area contributed by atoms with Crippen LogP contribution in [0.5, 0.6) is 0 Å². The summed E-state index contributed by atoms with van der Waals surface area (Å²) >= 11 is 0. The first kappa shape index (κ1) is 16.6. The van der Waals surface area contributed by atoms with E-state index in [1.54, 1.807) is 12.1 Å². The minimum atomic E-state index is -0.0987. The molecule has 0 aromatic heterocycles. The van der Waals surface area contributed by atoms with Crippen LogP contribution in [0.2, 0.25) is 0 Å². The first-order valence-electron chi connectivity index (χ1n) is 9.15. The number of anilines is 1.